The molecule has 4 heteroatoms. The molecule has 0 radical (unpaired) electrons. The summed E-state index contributed by atoms with van der Waals surface area (Å²) in [4.78, 5) is 0. The van der Waals surface area contributed by atoms with Crippen molar-refractivity contribution < 1.29 is 5.11 Å². The van der Waals surface area contributed by atoms with E-state index < -0.39 is 0 Å². The Bertz CT molecular complexity index is 358. The zero-order valence-electron chi connectivity index (χ0n) is 12.0. The zero-order chi connectivity index (χ0) is 13.5. The van der Waals surface area contributed by atoms with Crippen LogP contribution < -0.4 is 5.32 Å². The maximum Gasteiger partial charge on any atom is 0.0640 e. The Morgan fingerprint density at radius 2 is 2.21 bits per heavy atom. The molecule has 0 aliphatic heterocycles. The number of rotatable bonds is 7. The molecule has 19 heavy (non-hydrogen) atoms. The molecule has 0 bridgehead atoms. The summed E-state index contributed by atoms with van der Waals surface area (Å²) in [5, 5.41) is 16.8. The predicted octanol–water partition coefficient (Wildman–Crippen LogP) is 2.32. The summed E-state index contributed by atoms with van der Waals surface area (Å²) in [7, 11) is 0. The fraction of sp³-hybridized carbons (Fsp3) is 0.800. The largest absolute Gasteiger partial charge is 0.394 e. The number of aliphatic hydroxyl groups excluding tert-OH is 1. The molecule has 1 aromatic heterocycles. The van der Waals surface area contributed by atoms with Crippen LogP contribution in [0.2, 0.25) is 0 Å². The first kappa shape index (κ1) is 14.5. The van der Waals surface area contributed by atoms with Crippen molar-refractivity contribution in [3.8, 4) is 0 Å². The minimum atomic E-state index is 0.147. The zero-order valence-corrected chi connectivity index (χ0v) is 12.0. The maximum atomic E-state index is 8.88. The Hall–Kier alpha value is -0.870. The average Bonchev–Trinajstić information content (AvgIpc) is 2.89. The minimum absolute atomic E-state index is 0.147. The molecule has 1 atom stereocenters. The number of aromatic nitrogens is 2. The van der Waals surface area contributed by atoms with Gasteiger partial charge in [0, 0.05) is 24.3 Å². The Kier molecular flexibility index (Phi) is 5.86. The Morgan fingerprint density at radius 3 is 2.89 bits per heavy atom. The molecule has 0 amide bonds. The molecule has 1 aromatic rings. The van der Waals surface area contributed by atoms with E-state index in [0.717, 1.165) is 12.5 Å². The van der Waals surface area contributed by atoms with Gasteiger partial charge in [-0.05, 0) is 25.2 Å². The monoisotopic (exact) mass is 265 g/mol. The predicted molar refractivity (Wildman–Crippen MR) is 76.8 cm³/mol. The average molecular weight is 265 g/mol. The highest BCUT2D eigenvalue weighted by Crippen LogP contribution is 2.27. The van der Waals surface area contributed by atoms with Crippen molar-refractivity contribution in [1.82, 2.24) is 15.1 Å². The SMILES string of the molecule is CCC(NCc1cnn(CCO)c1)C1CCCCC1. The standard InChI is InChI=1S/C15H27N3O/c1-2-15(14-6-4-3-5-7-14)16-10-13-11-17-18(12-13)8-9-19/h11-12,14-16,19H,2-10H2,1H3. The molecule has 1 aliphatic rings. The van der Waals surface area contributed by atoms with Crippen LogP contribution in [0.4, 0.5) is 0 Å². The summed E-state index contributed by atoms with van der Waals surface area (Å²) in [5.41, 5.74) is 1.21. The summed E-state index contributed by atoms with van der Waals surface area (Å²) >= 11 is 0. The quantitative estimate of drug-likeness (QED) is 0.795. The van der Waals surface area contributed by atoms with Gasteiger partial charge in [-0.2, -0.15) is 5.10 Å². The van der Waals surface area contributed by atoms with Crippen molar-refractivity contribution in [2.45, 2.75) is 64.6 Å². The summed E-state index contributed by atoms with van der Waals surface area (Å²) in [6, 6.07) is 0.640. The van der Waals surface area contributed by atoms with Crippen molar-refractivity contribution in [3.63, 3.8) is 0 Å². The topological polar surface area (TPSA) is 50.1 Å². The van der Waals surface area contributed by atoms with Crippen LogP contribution in [0, 0.1) is 5.92 Å². The Morgan fingerprint density at radius 1 is 1.42 bits per heavy atom. The van der Waals surface area contributed by atoms with Gasteiger partial charge in [0.15, 0.2) is 0 Å². The number of aliphatic hydroxyl groups is 1. The van der Waals surface area contributed by atoms with Gasteiger partial charge in [-0.15, -0.1) is 0 Å². The molecule has 0 spiro atoms. The van der Waals surface area contributed by atoms with Crippen molar-refractivity contribution in [2.24, 2.45) is 5.92 Å². The summed E-state index contributed by atoms with van der Waals surface area (Å²) in [5.74, 6) is 0.853. The molecule has 0 saturated heterocycles. The van der Waals surface area contributed by atoms with E-state index in [9.17, 15) is 0 Å². The molecule has 2 N–H and O–H groups in total. The van der Waals surface area contributed by atoms with Gasteiger partial charge in [-0.1, -0.05) is 26.2 Å². The number of nitrogens with one attached hydrogen (secondary N) is 1. The smallest absolute Gasteiger partial charge is 0.0640 e. The van der Waals surface area contributed by atoms with Crippen LogP contribution >= 0.6 is 0 Å². The second-order valence-corrected chi connectivity index (χ2v) is 5.63. The van der Waals surface area contributed by atoms with Crippen molar-refractivity contribution >= 4 is 0 Å². The lowest BCUT2D eigenvalue weighted by Gasteiger charge is -2.30. The van der Waals surface area contributed by atoms with Crippen LogP contribution in [0.15, 0.2) is 12.4 Å². The van der Waals surface area contributed by atoms with Gasteiger partial charge >= 0.3 is 0 Å². The van der Waals surface area contributed by atoms with Gasteiger partial charge in [0.05, 0.1) is 19.3 Å². The molecule has 1 aliphatic carbocycles. The van der Waals surface area contributed by atoms with Crippen LogP contribution in [-0.2, 0) is 13.1 Å². The molecular formula is C15H27N3O. The normalized spacial score (nSPS) is 18.6. The number of hydrogen-bond donors (Lipinski definition) is 2. The van der Waals surface area contributed by atoms with Gasteiger partial charge in [-0.3, -0.25) is 4.68 Å². The molecular weight excluding hydrogens is 238 g/mol. The number of nitrogens with zero attached hydrogens (tertiary/aromatic N) is 2. The minimum Gasteiger partial charge on any atom is -0.394 e. The van der Waals surface area contributed by atoms with E-state index >= 15 is 0 Å². The van der Waals surface area contributed by atoms with E-state index in [1.165, 1.54) is 44.1 Å². The van der Waals surface area contributed by atoms with Crippen LogP contribution in [0.25, 0.3) is 0 Å². The van der Waals surface area contributed by atoms with Crippen LogP contribution in [0.1, 0.15) is 51.0 Å². The second kappa shape index (κ2) is 7.65. The second-order valence-electron chi connectivity index (χ2n) is 5.63. The lowest BCUT2D eigenvalue weighted by atomic mass is 9.83. The fourth-order valence-electron chi connectivity index (χ4n) is 3.15. The first-order valence-electron chi connectivity index (χ1n) is 7.69. The Balaban J connectivity index is 1.80. The summed E-state index contributed by atoms with van der Waals surface area (Å²) in [6.07, 6.45) is 12.1. The third kappa shape index (κ3) is 4.32. The Labute approximate surface area is 116 Å². The molecule has 1 unspecified atom stereocenters. The molecule has 1 saturated carbocycles. The molecule has 108 valence electrons. The van der Waals surface area contributed by atoms with Gasteiger partial charge < -0.3 is 10.4 Å². The third-order valence-corrected chi connectivity index (χ3v) is 4.24. The van der Waals surface area contributed by atoms with Crippen molar-refractivity contribution in [1.29, 1.82) is 0 Å². The van der Waals surface area contributed by atoms with Gasteiger partial charge in [0.2, 0.25) is 0 Å². The highest BCUT2D eigenvalue weighted by atomic mass is 16.3. The lowest BCUT2D eigenvalue weighted by molar-refractivity contribution is 0.261. The van der Waals surface area contributed by atoms with Crippen LogP contribution in [0.3, 0.4) is 0 Å². The van der Waals surface area contributed by atoms with E-state index in [1.54, 1.807) is 4.68 Å². The van der Waals surface area contributed by atoms with Crippen molar-refractivity contribution in [3.05, 3.63) is 18.0 Å². The van der Waals surface area contributed by atoms with E-state index in [1.807, 2.05) is 12.4 Å². The molecule has 1 fully saturated rings. The first-order valence-corrected chi connectivity index (χ1v) is 7.69. The highest BCUT2D eigenvalue weighted by Gasteiger charge is 2.21. The number of hydrogen-bond acceptors (Lipinski definition) is 3. The van der Waals surface area contributed by atoms with Crippen LogP contribution in [0.5, 0.6) is 0 Å². The van der Waals surface area contributed by atoms with E-state index in [2.05, 4.69) is 17.3 Å². The van der Waals surface area contributed by atoms with Crippen molar-refractivity contribution in [2.75, 3.05) is 6.61 Å². The van der Waals surface area contributed by atoms with Gasteiger partial charge in [-0.25, -0.2) is 0 Å². The first-order chi connectivity index (χ1) is 9.33. The molecule has 4 nitrogen and oxygen atoms in total. The molecule has 1 heterocycles. The van der Waals surface area contributed by atoms with E-state index in [0.29, 0.717) is 12.6 Å². The fourth-order valence-corrected chi connectivity index (χ4v) is 3.15. The lowest BCUT2D eigenvalue weighted by Crippen LogP contribution is -2.36. The highest BCUT2D eigenvalue weighted by molar-refractivity contribution is 5.03. The van der Waals surface area contributed by atoms with E-state index in [4.69, 9.17) is 5.11 Å². The van der Waals surface area contributed by atoms with Gasteiger partial charge in [0.25, 0.3) is 0 Å². The summed E-state index contributed by atoms with van der Waals surface area (Å²) < 4.78 is 1.80. The maximum absolute atomic E-state index is 8.88. The molecule has 2 rings (SSSR count). The van der Waals surface area contributed by atoms with E-state index in [-0.39, 0.29) is 6.61 Å². The van der Waals surface area contributed by atoms with Crippen LogP contribution in [-0.4, -0.2) is 27.5 Å². The van der Waals surface area contributed by atoms with Gasteiger partial charge in [0.1, 0.15) is 0 Å². The summed E-state index contributed by atoms with van der Waals surface area (Å²) in [6.45, 7) is 3.90. The molecule has 0 aromatic carbocycles. The third-order valence-electron chi connectivity index (χ3n) is 4.24.